The van der Waals surface area contributed by atoms with Gasteiger partial charge >= 0.3 is 0 Å². The fourth-order valence-corrected chi connectivity index (χ4v) is 1.68. The van der Waals surface area contributed by atoms with E-state index in [1.54, 1.807) is 19.4 Å². The van der Waals surface area contributed by atoms with E-state index in [4.69, 9.17) is 4.74 Å². The lowest BCUT2D eigenvalue weighted by atomic mass is 10.0. The molecule has 0 saturated heterocycles. The van der Waals surface area contributed by atoms with Crippen LogP contribution in [0.2, 0.25) is 0 Å². The second kappa shape index (κ2) is 5.98. The molecule has 0 amide bonds. The summed E-state index contributed by atoms with van der Waals surface area (Å²) in [5, 5.41) is 0. The van der Waals surface area contributed by atoms with E-state index in [9.17, 15) is 4.79 Å². The highest BCUT2D eigenvalue weighted by atomic mass is 79.9. The van der Waals surface area contributed by atoms with Crippen molar-refractivity contribution in [3.05, 3.63) is 28.5 Å². The molecule has 1 heterocycles. The normalized spacial score (nSPS) is 12.5. The fraction of sp³-hybridized carbons (Fsp3) is 0.455. The van der Waals surface area contributed by atoms with Gasteiger partial charge in [-0.25, -0.2) is 0 Å². The number of hydrogen-bond donors (Lipinski definition) is 0. The highest BCUT2D eigenvalue weighted by molar-refractivity contribution is 9.10. The minimum Gasteiger partial charge on any atom is -0.385 e. The molecule has 0 N–H and O–H groups in total. The predicted molar refractivity (Wildman–Crippen MR) is 61.9 cm³/mol. The molecule has 4 heteroatoms. The summed E-state index contributed by atoms with van der Waals surface area (Å²) in [4.78, 5) is 16.0. The second-order valence-corrected chi connectivity index (χ2v) is 4.23. The van der Waals surface area contributed by atoms with Crippen molar-refractivity contribution in [2.75, 3.05) is 13.7 Å². The minimum absolute atomic E-state index is 0.0551. The van der Waals surface area contributed by atoms with Gasteiger partial charge < -0.3 is 4.74 Å². The number of halogens is 1. The van der Waals surface area contributed by atoms with Crippen LogP contribution in [0.1, 0.15) is 23.8 Å². The molecule has 0 bridgehead atoms. The molecule has 3 nitrogen and oxygen atoms in total. The zero-order valence-corrected chi connectivity index (χ0v) is 10.5. The van der Waals surface area contributed by atoms with Crippen molar-refractivity contribution in [3.8, 4) is 0 Å². The molecule has 0 aliphatic heterocycles. The molecule has 1 aromatic heterocycles. The maximum Gasteiger partial charge on any atom is 0.185 e. The van der Waals surface area contributed by atoms with Crippen LogP contribution in [0.15, 0.2) is 22.8 Å². The summed E-state index contributed by atoms with van der Waals surface area (Å²) in [7, 11) is 1.63. The Balaban J connectivity index is 2.72. The molecule has 1 unspecified atom stereocenters. The Morgan fingerprint density at radius 3 is 3.00 bits per heavy atom. The lowest BCUT2D eigenvalue weighted by Crippen LogP contribution is -2.15. The first-order valence-corrected chi connectivity index (χ1v) is 5.59. The van der Waals surface area contributed by atoms with Crippen LogP contribution in [0.25, 0.3) is 0 Å². The van der Waals surface area contributed by atoms with Crippen molar-refractivity contribution in [1.29, 1.82) is 0 Å². The first-order valence-electron chi connectivity index (χ1n) is 4.80. The monoisotopic (exact) mass is 271 g/mol. The standard InChI is InChI=1S/C11H14BrNO2/c1-8(5-7-15-2)11(14)10-9(12)4-3-6-13-10/h3-4,6,8H,5,7H2,1-2H3. The summed E-state index contributed by atoms with van der Waals surface area (Å²) in [6.07, 6.45) is 2.35. The van der Waals surface area contributed by atoms with Crippen molar-refractivity contribution >= 4 is 21.7 Å². The Labute approximate surface area is 98.0 Å². The van der Waals surface area contributed by atoms with Crippen LogP contribution in [0.5, 0.6) is 0 Å². The number of aromatic nitrogens is 1. The number of carbonyl (C=O) groups is 1. The Morgan fingerprint density at radius 1 is 1.67 bits per heavy atom. The smallest absolute Gasteiger partial charge is 0.185 e. The Hall–Kier alpha value is -0.740. The van der Waals surface area contributed by atoms with Gasteiger partial charge in [-0.2, -0.15) is 0 Å². The fourth-order valence-electron chi connectivity index (χ4n) is 1.23. The van der Waals surface area contributed by atoms with E-state index < -0.39 is 0 Å². The summed E-state index contributed by atoms with van der Waals surface area (Å²) in [6.45, 7) is 2.49. The first-order chi connectivity index (χ1) is 7.16. The highest BCUT2D eigenvalue weighted by Gasteiger charge is 2.18. The second-order valence-electron chi connectivity index (χ2n) is 3.38. The zero-order chi connectivity index (χ0) is 11.3. The topological polar surface area (TPSA) is 39.2 Å². The number of methoxy groups -OCH3 is 1. The van der Waals surface area contributed by atoms with Gasteiger partial charge in [0.05, 0.1) is 0 Å². The number of nitrogens with zero attached hydrogens (tertiary/aromatic N) is 1. The number of carbonyl (C=O) groups excluding carboxylic acids is 1. The van der Waals surface area contributed by atoms with Crippen LogP contribution in [-0.4, -0.2) is 24.5 Å². The van der Waals surface area contributed by atoms with Gasteiger partial charge in [0.2, 0.25) is 0 Å². The molecule has 0 radical (unpaired) electrons. The minimum atomic E-state index is -0.0591. The third kappa shape index (κ3) is 3.39. The summed E-state index contributed by atoms with van der Waals surface area (Å²) in [5.74, 6) is -0.00400. The average Bonchev–Trinajstić information content (AvgIpc) is 2.25. The number of pyridine rings is 1. The SMILES string of the molecule is COCCC(C)C(=O)c1ncccc1Br. The van der Waals surface area contributed by atoms with Crippen molar-refractivity contribution in [2.45, 2.75) is 13.3 Å². The Morgan fingerprint density at radius 2 is 2.40 bits per heavy atom. The van der Waals surface area contributed by atoms with Crippen molar-refractivity contribution in [3.63, 3.8) is 0 Å². The summed E-state index contributed by atoms with van der Waals surface area (Å²) < 4.78 is 5.69. The number of hydrogen-bond acceptors (Lipinski definition) is 3. The Bertz CT molecular complexity index is 341. The largest absolute Gasteiger partial charge is 0.385 e. The van der Waals surface area contributed by atoms with Crippen molar-refractivity contribution in [1.82, 2.24) is 4.98 Å². The van der Waals surface area contributed by atoms with E-state index >= 15 is 0 Å². The molecular weight excluding hydrogens is 258 g/mol. The van der Waals surface area contributed by atoms with Gasteiger partial charge in [-0.3, -0.25) is 9.78 Å². The van der Waals surface area contributed by atoms with Gasteiger partial charge in [0, 0.05) is 30.3 Å². The number of ether oxygens (including phenoxy) is 1. The summed E-state index contributed by atoms with van der Waals surface area (Å²) >= 11 is 3.32. The molecule has 15 heavy (non-hydrogen) atoms. The molecule has 1 atom stereocenters. The maximum atomic E-state index is 11.9. The van der Waals surface area contributed by atoms with Crippen LogP contribution in [0.3, 0.4) is 0 Å². The summed E-state index contributed by atoms with van der Waals surface area (Å²) in [5.41, 5.74) is 0.501. The third-order valence-corrected chi connectivity index (χ3v) is 2.83. The molecule has 0 spiro atoms. The average molecular weight is 272 g/mol. The predicted octanol–water partition coefficient (Wildman–Crippen LogP) is 2.70. The highest BCUT2D eigenvalue weighted by Crippen LogP contribution is 2.18. The van der Waals surface area contributed by atoms with Crippen LogP contribution in [0.4, 0.5) is 0 Å². The van der Waals surface area contributed by atoms with Crippen molar-refractivity contribution < 1.29 is 9.53 Å². The zero-order valence-electron chi connectivity index (χ0n) is 8.87. The molecule has 1 rings (SSSR count). The van der Waals surface area contributed by atoms with Gasteiger partial charge in [-0.1, -0.05) is 6.92 Å². The van der Waals surface area contributed by atoms with E-state index in [-0.39, 0.29) is 11.7 Å². The van der Waals surface area contributed by atoms with Gasteiger partial charge in [-0.15, -0.1) is 0 Å². The van der Waals surface area contributed by atoms with Crippen molar-refractivity contribution in [2.24, 2.45) is 5.92 Å². The quantitative estimate of drug-likeness (QED) is 0.773. The van der Waals surface area contributed by atoms with E-state index in [1.165, 1.54) is 0 Å². The number of Topliss-reactive ketones (excluding diaryl/α,β-unsaturated/α-hetero) is 1. The molecule has 0 aliphatic carbocycles. The molecular formula is C11H14BrNO2. The lowest BCUT2D eigenvalue weighted by molar-refractivity contribution is 0.0888. The van der Waals surface area contributed by atoms with Crippen LogP contribution < -0.4 is 0 Å². The number of ketones is 1. The van der Waals surface area contributed by atoms with E-state index in [0.29, 0.717) is 12.3 Å². The third-order valence-electron chi connectivity index (χ3n) is 2.19. The molecule has 1 aromatic rings. The van der Waals surface area contributed by atoms with E-state index in [0.717, 1.165) is 10.9 Å². The van der Waals surface area contributed by atoms with Gasteiger partial charge in [0.25, 0.3) is 0 Å². The van der Waals surface area contributed by atoms with Crippen LogP contribution >= 0.6 is 15.9 Å². The van der Waals surface area contributed by atoms with Gasteiger partial charge in [-0.05, 0) is 34.5 Å². The van der Waals surface area contributed by atoms with Crippen LogP contribution in [0, 0.1) is 5.92 Å². The summed E-state index contributed by atoms with van der Waals surface area (Å²) in [6, 6.07) is 3.62. The number of rotatable bonds is 5. The molecule has 0 aromatic carbocycles. The first kappa shape index (κ1) is 12.3. The maximum absolute atomic E-state index is 11.9. The lowest BCUT2D eigenvalue weighted by Gasteiger charge is -2.09. The molecule has 0 aliphatic rings. The van der Waals surface area contributed by atoms with E-state index in [2.05, 4.69) is 20.9 Å². The van der Waals surface area contributed by atoms with E-state index in [1.807, 2.05) is 13.0 Å². The van der Waals surface area contributed by atoms with Gasteiger partial charge in [0.15, 0.2) is 5.78 Å². The van der Waals surface area contributed by atoms with Crippen LogP contribution in [-0.2, 0) is 4.74 Å². The molecule has 82 valence electrons. The van der Waals surface area contributed by atoms with Gasteiger partial charge in [0.1, 0.15) is 5.69 Å². The molecule has 0 saturated carbocycles. The Kier molecular flexibility index (Phi) is 4.91. The molecule has 0 fully saturated rings.